The summed E-state index contributed by atoms with van der Waals surface area (Å²) in [5, 5.41) is 11.4. The van der Waals surface area contributed by atoms with Crippen LogP contribution in [0, 0.1) is 33.3 Å². The first-order valence-electron chi connectivity index (χ1n) is 11.2. The number of esters is 1. The molecule has 1 amide bonds. The maximum atomic E-state index is 13.7. The van der Waals surface area contributed by atoms with Gasteiger partial charge in [-0.25, -0.2) is 4.79 Å². The van der Waals surface area contributed by atoms with Crippen LogP contribution in [0.3, 0.4) is 0 Å². The predicted octanol–water partition coefficient (Wildman–Crippen LogP) is 3.72. The number of carbonyl (C=O) groups is 2. The third-order valence-corrected chi connectivity index (χ3v) is 7.85. The Balaban J connectivity index is 1.35. The van der Waals surface area contributed by atoms with Crippen molar-refractivity contribution in [2.75, 3.05) is 13.7 Å². The SMILES string of the molecule is COc1ccc(OC(=O)C2CCCN2C(=O)C23CC4CC(CC(C4)C2)C3)c([N+](=O)[O-])c1. The van der Waals surface area contributed by atoms with Crippen LogP contribution in [-0.2, 0) is 9.59 Å². The Hall–Kier alpha value is -2.64. The van der Waals surface area contributed by atoms with E-state index in [-0.39, 0.29) is 22.8 Å². The number of nitro groups is 1. The summed E-state index contributed by atoms with van der Waals surface area (Å²) in [7, 11) is 1.41. The number of likely N-dealkylation sites (tertiary alicyclic amines) is 1. The van der Waals surface area contributed by atoms with E-state index < -0.39 is 16.9 Å². The van der Waals surface area contributed by atoms with Crippen molar-refractivity contribution in [2.24, 2.45) is 23.2 Å². The third kappa shape index (κ3) is 3.46. The molecule has 4 saturated carbocycles. The van der Waals surface area contributed by atoms with Crippen LogP contribution in [0.4, 0.5) is 5.69 Å². The number of nitro benzene ring substituents is 1. The third-order valence-electron chi connectivity index (χ3n) is 7.85. The molecule has 1 saturated heterocycles. The van der Waals surface area contributed by atoms with Gasteiger partial charge in [-0.2, -0.15) is 0 Å². The zero-order valence-corrected chi connectivity index (χ0v) is 17.7. The van der Waals surface area contributed by atoms with Gasteiger partial charge in [-0.15, -0.1) is 0 Å². The van der Waals surface area contributed by atoms with E-state index in [1.54, 1.807) is 4.90 Å². The van der Waals surface area contributed by atoms with Gasteiger partial charge in [0.15, 0.2) is 0 Å². The molecule has 0 radical (unpaired) electrons. The maximum Gasteiger partial charge on any atom is 0.334 e. The maximum absolute atomic E-state index is 13.7. The number of rotatable bonds is 5. The van der Waals surface area contributed by atoms with Crippen LogP contribution in [-0.4, -0.2) is 41.4 Å². The lowest BCUT2D eigenvalue weighted by Crippen LogP contribution is -2.56. The highest BCUT2D eigenvalue weighted by Crippen LogP contribution is 2.60. The number of ether oxygens (including phenoxy) is 2. The molecule has 0 spiro atoms. The first-order valence-corrected chi connectivity index (χ1v) is 11.2. The molecule has 1 aromatic rings. The van der Waals surface area contributed by atoms with Crippen molar-refractivity contribution >= 4 is 17.6 Å². The Morgan fingerprint density at radius 3 is 2.35 bits per heavy atom. The zero-order chi connectivity index (χ0) is 21.8. The van der Waals surface area contributed by atoms with Crippen LogP contribution in [0.15, 0.2) is 18.2 Å². The van der Waals surface area contributed by atoms with Gasteiger partial charge in [-0.3, -0.25) is 14.9 Å². The number of benzene rings is 1. The van der Waals surface area contributed by atoms with Crippen molar-refractivity contribution in [1.29, 1.82) is 0 Å². The Bertz CT molecular complexity index is 893. The summed E-state index contributed by atoms with van der Waals surface area (Å²) in [6.07, 6.45) is 7.85. The quantitative estimate of drug-likeness (QED) is 0.307. The average molecular weight is 428 g/mol. The van der Waals surface area contributed by atoms with E-state index >= 15 is 0 Å². The smallest absolute Gasteiger partial charge is 0.334 e. The molecule has 1 aromatic carbocycles. The van der Waals surface area contributed by atoms with Gasteiger partial charge in [-0.05, 0) is 81.3 Å². The number of amides is 1. The molecular formula is C23H28N2O6. The highest BCUT2D eigenvalue weighted by atomic mass is 16.6. The minimum atomic E-state index is -0.679. The van der Waals surface area contributed by atoms with Gasteiger partial charge >= 0.3 is 11.7 Å². The minimum absolute atomic E-state index is 0.107. The van der Waals surface area contributed by atoms with Gasteiger partial charge in [0, 0.05) is 6.54 Å². The van der Waals surface area contributed by atoms with Crippen LogP contribution in [0.2, 0.25) is 0 Å². The summed E-state index contributed by atoms with van der Waals surface area (Å²) in [6.45, 7) is 0.547. The Morgan fingerprint density at radius 2 is 1.77 bits per heavy atom. The van der Waals surface area contributed by atoms with Crippen LogP contribution in [0.1, 0.15) is 51.4 Å². The second kappa shape index (κ2) is 7.50. The monoisotopic (exact) mass is 428 g/mol. The molecule has 166 valence electrons. The van der Waals surface area contributed by atoms with Crippen LogP contribution in [0.25, 0.3) is 0 Å². The molecule has 0 aromatic heterocycles. The van der Waals surface area contributed by atoms with E-state index in [4.69, 9.17) is 9.47 Å². The van der Waals surface area contributed by atoms with Gasteiger partial charge in [0.2, 0.25) is 11.7 Å². The summed E-state index contributed by atoms with van der Waals surface area (Å²) in [5.74, 6) is 1.63. The van der Waals surface area contributed by atoms with Crippen LogP contribution < -0.4 is 9.47 Å². The average Bonchev–Trinajstić information content (AvgIpc) is 3.22. The fraction of sp³-hybridized carbons (Fsp3) is 0.652. The molecule has 1 aliphatic heterocycles. The molecule has 8 heteroatoms. The molecule has 0 N–H and O–H groups in total. The molecule has 8 nitrogen and oxygen atoms in total. The zero-order valence-electron chi connectivity index (χ0n) is 17.7. The standard InChI is InChI=1S/C23H28N2O6/c1-30-17-4-5-20(19(10-17)25(28)29)31-21(26)18-3-2-6-24(18)22(27)23-11-14-7-15(12-23)9-16(8-14)13-23/h4-5,10,14-16,18H,2-3,6-9,11-13H2,1H3. The lowest BCUT2D eigenvalue weighted by molar-refractivity contribution is -0.385. The molecule has 1 atom stereocenters. The largest absolute Gasteiger partial charge is 0.496 e. The highest BCUT2D eigenvalue weighted by molar-refractivity contribution is 5.90. The van der Waals surface area contributed by atoms with Crippen molar-refractivity contribution in [3.05, 3.63) is 28.3 Å². The van der Waals surface area contributed by atoms with E-state index in [0.717, 1.165) is 25.7 Å². The van der Waals surface area contributed by atoms with Crippen LogP contribution in [0.5, 0.6) is 11.5 Å². The lowest BCUT2D eigenvalue weighted by atomic mass is 9.49. The van der Waals surface area contributed by atoms with E-state index in [0.29, 0.717) is 36.5 Å². The van der Waals surface area contributed by atoms with Crippen molar-refractivity contribution < 1.29 is 24.0 Å². The van der Waals surface area contributed by atoms with E-state index in [1.165, 1.54) is 44.6 Å². The molecule has 5 fully saturated rings. The van der Waals surface area contributed by atoms with E-state index in [2.05, 4.69) is 0 Å². The first kappa shape index (κ1) is 20.3. The molecule has 31 heavy (non-hydrogen) atoms. The topological polar surface area (TPSA) is 99.0 Å². The van der Waals surface area contributed by atoms with Crippen molar-refractivity contribution in [1.82, 2.24) is 4.90 Å². The summed E-state index contributed by atoms with van der Waals surface area (Å²) in [4.78, 5) is 39.3. The number of hydrogen-bond donors (Lipinski definition) is 0. The van der Waals surface area contributed by atoms with Crippen molar-refractivity contribution in [3.63, 3.8) is 0 Å². The highest BCUT2D eigenvalue weighted by Gasteiger charge is 2.57. The fourth-order valence-electron chi connectivity index (χ4n) is 6.96. The summed E-state index contributed by atoms with van der Waals surface area (Å²) >= 11 is 0. The van der Waals surface area contributed by atoms with Crippen molar-refractivity contribution in [2.45, 2.75) is 57.4 Å². The second-order valence-corrected chi connectivity index (χ2v) is 9.87. The van der Waals surface area contributed by atoms with Gasteiger partial charge in [-0.1, -0.05) is 0 Å². The minimum Gasteiger partial charge on any atom is -0.496 e. The molecule has 6 rings (SSSR count). The van der Waals surface area contributed by atoms with Crippen LogP contribution >= 0.6 is 0 Å². The van der Waals surface area contributed by atoms with E-state index in [1.807, 2.05) is 0 Å². The van der Waals surface area contributed by atoms with Gasteiger partial charge in [0.05, 0.1) is 23.5 Å². The molecule has 4 aliphatic carbocycles. The Kier molecular flexibility index (Phi) is 4.90. The van der Waals surface area contributed by atoms with Crippen molar-refractivity contribution in [3.8, 4) is 11.5 Å². The number of methoxy groups -OCH3 is 1. The summed E-state index contributed by atoms with van der Waals surface area (Å²) < 4.78 is 10.5. The molecule has 5 aliphatic rings. The Labute approximate surface area is 181 Å². The Morgan fingerprint density at radius 1 is 1.13 bits per heavy atom. The summed E-state index contributed by atoms with van der Waals surface area (Å²) in [6, 6.07) is 3.44. The normalized spacial score (nSPS) is 33.4. The molecule has 1 heterocycles. The number of nitrogens with zero attached hydrogens (tertiary/aromatic N) is 2. The molecule has 4 bridgehead atoms. The lowest BCUT2D eigenvalue weighted by Gasteiger charge is -2.56. The van der Waals surface area contributed by atoms with Gasteiger partial charge in [0.1, 0.15) is 11.8 Å². The number of hydrogen-bond acceptors (Lipinski definition) is 6. The predicted molar refractivity (Wildman–Crippen MR) is 111 cm³/mol. The van der Waals surface area contributed by atoms with Gasteiger partial charge < -0.3 is 14.4 Å². The van der Waals surface area contributed by atoms with E-state index in [9.17, 15) is 19.7 Å². The molecular weight excluding hydrogens is 400 g/mol. The fourth-order valence-corrected chi connectivity index (χ4v) is 6.96. The number of carbonyl (C=O) groups excluding carboxylic acids is 2. The van der Waals surface area contributed by atoms with Gasteiger partial charge in [0.25, 0.3) is 0 Å². The first-order chi connectivity index (χ1) is 14.9. The second-order valence-electron chi connectivity index (χ2n) is 9.87. The molecule has 1 unspecified atom stereocenters. The summed E-state index contributed by atoms with van der Waals surface area (Å²) in [5.41, 5.74) is -0.645.